The van der Waals surface area contributed by atoms with E-state index in [0.717, 1.165) is 5.56 Å². The number of nitrogens with zero attached hydrogens (tertiary/aromatic N) is 3. The first-order valence-corrected chi connectivity index (χ1v) is 9.56. The largest absolute Gasteiger partial charge is 0.492 e. The summed E-state index contributed by atoms with van der Waals surface area (Å²) < 4.78 is 13.7. The third-order valence-electron chi connectivity index (χ3n) is 4.76. The number of methoxy groups -OCH3 is 1. The Labute approximate surface area is 173 Å². The van der Waals surface area contributed by atoms with Crippen LogP contribution in [0.5, 0.6) is 5.75 Å². The van der Waals surface area contributed by atoms with Gasteiger partial charge in [-0.05, 0) is 43.7 Å². The molecule has 7 heteroatoms. The summed E-state index contributed by atoms with van der Waals surface area (Å²) >= 11 is 0. The predicted octanol–water partition coefficient (Wildman–Crippen LogP) is 3.62. The van der Waals surface area contributed by atoms with E-state index in [4.69, 9.17) is 9.47 Å². The number of pyridine rings is 1. The van der Waals surface area contributed by atoms with Crippen LogP contribution in [0.4, 0.5) is 0 Å². The molecule has 152 valence electrons. The average Bonchev–Trinajstić information content (AvgIpc) is 3.10. The van der Waals surface area contributed by atoms with Crippen LogP contribution in [-0.4, -0.2) is 34.0 Å². The van der Waals surface area contributed by atoms with Crippen LogP contribution in [0.2, 0.25) is 0 Å². The molecule has 0 unspecified atom stereocenters. The van der Waals surface area contributed by atoms with Crippen molar-refractivity contribution in [2.24, 2.45) is 0 Å². The van der Waals surface area contributed by atoms with Crippen molar-refractivity contribution in [3.05, 3.63) is 82.4 Å². The highest BCUT2D eigenvalue weighted by atomic mass is 16.5. The van der Waals surface area contributed by atoms with E-state index in [1.54, 1.807) is 23.0 Å². The Balaban J connectivity index is 2.00. The van der Waals surface area contributed by atoms with Crippen molar-refractivity contribution in [2.75, 3.05) is 13.7 Å². The summed E-state index contributed by atoms with van der Waals surface area (Å²) in [7, 11) is 1.30. The lowest BCUT2D eigenvalue weighted by Crippen LogP contribution is -2.15. The van der Waals surface area contributed by atoms with Gasteiger partial charge >= 0.3 is 5.97 Å². The van der Waals surface area contributed by atoms with Crippen LogP contribution in [0.15, 0.2) is 65.7 Å². The van der Waals surface area contributed by atoms with E-state index in [2.05, 4.69) is 5.10 Å². The molecule has 0 atom stereocenters. The SMILES string of the molecule is CCOc1ccccc1-n1cc(C(=O)OC)c2nn(-c3cccc(C)c3)c(=O)c-2c1. The zero-order chi connectivity index (χ0) is 21.3. The second-order valence-electron chi connectivity index (χ2n) is 6.79. The van der Waals surface area contributed by atoms with Crippen LogP contribution in [0.25, 0.3) is 22.6 Å². The van der Waals surface area contributed by atoms with Crippen molar-refractivity contribution in [2.45, 2.75) is 13.8 Å². The molecule has 0 spiro atoms. The lowest BCUT2D eigenvalue weighted by atomic mass is 10.1. The maximum atomic E-state index is 13.2. The van der Waals surface area contributed by atoms with E-state index in [-0.39, 0.29) is 11.1 Å². The molecule has 7 nitrogen and oxygen atoms in total. The van der Waals surface area contributed by atoms with Crippen LogP contribution in [0.3, 0.4) is 0 Å². The van der Waals surface area contributed by atoms with Gasteiger partial charge in [-0.15, -0.1) is 0 Å². The number of rotatable bonds is 5. The molecule has 0 N–H and O–H groups in total. The highest BCUT2D eigenvalue weighted by molar-refractivity contribution is 5.96. The highest BCUT2D eigenvalue weighted by Crippen LogP contribution is 2.28. The summed E-state index contributed by atoms with van der Waals surface area (Å²) in [6, 6.07) is 14.9. The van der Waals surface area contributed by atoms with Gasteiger partial charge in [0, 0.05) is 12.4 Å². The number of hydrogen-bond donors (Lipinski definition) is 0. The van der Waals surface area contributed by atoms with Crippen LogP contribution in [0.1, 0.15) is 22.8 Å². The van der Waals surface area contributed by atoms with Crippen molar-refractivity contribution in [3.63, 3.8) is 0 Å². The Morgan fingerprint density at radius 1 is 1.10 bits per heavy atom. The van der Waals surface area contributed by atoms with E-state index in [0.29, 0.717) is 35.0 Å². The van der Waals surface area contributed by atoms with Gasteiger partial charge < -0.3 is 14.0 Å². The number of ether oxygens (including phenoxy) is 2. The first kappa shape index (κ1) is 19.4. The predicted molar refractivity (Wildman–Crippen MR) is 113 cm³/mol. The number of benzene rings is 2. The van der Waals surface area contributed by atoms with Crippen molar-refractivity contribution < 1.29 is 14.3 Å². The second-order valence-corrected chi connectivity index (χ2v) is 6.79. The van der Waals surface area contributed by atoms with Gasteiger partial charge in [-0.1, -0.05) is 24.3 Å². The topological polar surface area (TPSA) is 75.3 Å². The van der Waals surface area contributed by atoms with Gasteiger partial charge in [0.05, 0.1) is 30.7 Å². The maximum absolute atomic E-state index is 13.2. The Morgan fingerprint density at radius 2 is 1.90 bits per heavy atom. The molecule has 2 aliphatic heterocycles. The van der Waals surface area contributed by atoms with Crippen LogP contribution in [0, 0.1) is 6.92 Å². The van der Waals surface area contributed by atoms with Gasteiger partial charge in [-0.25, -0.2) is 4.79 Å². The number of esters is 1. The van der Waals surface area contributed by atoms with E-state index >= 15 is 0 Å². The maximum Gasteiger partial charge on any atom is 0.341 e. The summed E-state index contributed by atoms with van der Waals surface area (Å²) in [5, 5.41) is 4.44. The number of para-hydroxylation sites is 2. The van der Waals surface area contributed by atoms with Crippen LogP contribution in [-0.2, 0) is 4.74 Å². The van der Waals surface area contributed by atoms with Crippen LogP contribution >= 0.6 is 0 Å². The molecule has 2 aromatic rings. The molecule has 4 rings (SSSR count). The van der Waals surface area contributed by atoms with Gasteiger partial charge in [-0.2, -0.15) is 9.78 Å². The normalized spacial score (nSPS) is 10.9. The van der Waals surface area contributed by atoms with E-state index in [1.807, 2.05) is 56.3 Å². The minimum atomic E-state index is -0.572. The number of carbonyl (C=O) groups excluding carboxylic acids is 1. The van der Waals surface area contributed by atoms with E-state index in [9.17, 15) is 9.59 Å². The Hall–Kier alpha value is -3.87. The lowest BCUT2D eigenvalue weighted by molar-refractivity contribution is 0.0600. The average molecular weight is 403 g/mol. The zero-order valence-corrected chi connectivity index (χ0v) is 17.0. The molecule has 0 aliphatic carbocycles. The molecule has 0 bridgehead atoms. The van der Waals surface area contributed by atoms with Gasteiger partial charge in [0.1, 0.15) is 17.0 Å². The molecular formula is C23H21N3O4. The fourth-order valence-electron chi connectivity index (χ4n) is 3.39. The summed E-state index contributed by atoms with van der Waals surface area (Å²) in [6.07, 6.45) is 3.28. The molecule has 2 aromatic carbocycles. The van der Waals surface area contributed by atoms with Gasteiger partial charge in [-0.3, -0.25) is 4.79 Å². The van der Waals surface area contributed by atoms with Gasteiger partial charge in [0.15, 0.2) is 0 Å². The Bertz CT molecular complexity index is 1260. The second kappa shape index (κ2) is 7.87. The minimum Gasteiger partial charge on any atom is -0.492 e. The fourth-order valence-corrected chi connectivity index (χ4v) is 3.39. The molecule has 0 radical (unpaired) electrons. The number of aryl methyl sites for hydroxylation is 1. The quantitative estimate of drug-likeness (QED) is 0.476. The number of hydrogen-bond acceptors (Lipinski definition) is 5. The molecule has 0 amide bonds. The Kier molecular flexibility index (Phi) is 5.10. The number of fused-ring (bicyclic) bond motifs is 1. The van der Waals surface area contributed by atoms with Gasteiger partial charge in [0.25, 0.3) is 5.56 Å². The molecule has 30 heavy (non-hydrogen) atoms. The first-order valence-electron chi connectivity index (χ1n) is 9.56. The van der Waals surface area contributed by atoms with Crippen molar-refractivity contribution >= 4 is 5.97 Å². The fraction of sp³-hybridized carbons (Fsp3) is 0.174. The number of carbonyl (C=O) groups is 1. The summed E-state index contributed by atoms with van der Waals surface area (Å²) in [4.78, 5) is 25.7. The summed E-state index contributed by atoms with van der Waals surface area (Å²) in [6.45, 7) is 4.32. The smallest absolute Gasteiger partial charge is 0.341 e. The van der Waals surface area contributed by atoms with E-state index in [1.165, 1.54) is 11.8 Å². The Morgan fingerprint density at radius 3 is 2.63 bits per heavy atom. The summed E-state index contributed by atoms with van der Waals surface area (Å²) in [5.41, 5.74) is 2.82. The molecule has 0 aromatic heterocycles. The molecule has 2 aliphatic rings. The highest BCUT2D eigenvalue weighted by Gasteiger charge is 2.25. The van der Waals surface area contributed by atoms with Crippen molar-refractivity contribution in [3.8, 4) is 28.4 Å². The van der Waals surface area contributed by atoms with Gasteiger partial charge in [0.2, 0.25) is 0 Å². The van der Waals surface area contributed by atoms with E-state index < -0.39 is 5.97 Å². The zero-order valence-electron chi connectivity index (χ0n) is 17.0. The lowest BCUT2D eigenvalue weighted by Gasteiger charge is -2.15. The standard InChI is InChI=1S/C23H21N3O4/c1-4-30-20-11-6-5-10-19(20)25-13-17-21(18(14-25)23(28)29-3)24-26(22(17)27)16-9-7-8-15(2)12-16/h5-14H,4H2,1-3H3. The molecule has 0 saturated carbocycles. The third-order valence-corrected chi connectivity index (χ3v) is 4.76. The van der Waals surface area contributed by atoms with Crippen LogP contribution < -0.4 is 10.3 Å². The molecular weight excluding hydrogens is 382 g/mol. The molecule has 2 heterocycles. The van der Waals surface area contributed by atoms with Crippen molar-refractivity contribution in [1.29, 1.82) is 0 Å². The molecule has 0 saturated heterocycles. The monoisotopic (exact) mass is 403 g/mol. The third kappa shape index (κ3) is 3.34. The minimum absolute atomic E-state index is 0.199. The number of aromatic nitrogens is 3. The molecule has 0 fully saturated rings. The van der Waals surface area contributed by atoms with Crippen molar-refractivity contribution in [1.82, 2.24) is 14.3 Å². The first-order chi connectivity index (χ1) is 14.5. The summed E-state index contributed by atoms with van der Waals surface area (Å²) in [5.74, 6) is 0.0656.